The quantitative estimate of drug-likeness (QED) is 0.473. The summed E-state index contributed by atoms with van der Waals surface area (Å²) in [5.74, 6) is 0.0809. The zero-order chi connectivity index (χ0) is 18.5. The van der Waals surface area contributed by atoms with Crippen molar-refractivity contribution in [2.45, 2.75) is 6.54 Å². The number of nitrogens with one attached hydrogen (secondary N) is 2. The van der Waals surface area contributed by atoms with Gasteiger partial charge in [-0.1, -0.05) is 29.3 Å². The van der Waals surface area contributed by atoms with E-state index in [9.17, 15) is 10.1 Å². The fourth-order valence-corrected chi connectivity index (χ4v) is 2.52. The molecule has 1 aromatic carbocycles. The van der Waals surface area contributed by atoms with Gasteiger partial charge in [-0.2, -0.15) is 0 Å². The van der Waals surface area contributed by atoms with Crippen molar-refractivity contribution in [2.75, 3.05) is 10.6 Å². The highest BCUT2D eigenvalue weighted by atomic mass is 35.5. The van der Waals surface area contributed by atoms with Gasteiger partial charge in [0, 0.05) is 24.0 Å². The number of hydrogen-bond acceptors (Lipinski definition) is 7. The third-order valence-electron chi connectivity index (χ3n) is 3.37. The van der Waals surface area contributed by atoms with Crippen molar-refractivity contribution in [3.05, 3.63) is 74.8 Å². The molecule has 0 unspecified atom stereocenters. The summed E-state index contributed by atoms with van der Waals surface area (Å²) < 4.78 is 0. The van der Waals surface area contributed by atoms with Crippen LogP contribution in [-0.2, 0) is 6.54 Å². The standard InChI is InChI=1S/C16H12Cl2N6O2/c17-11-3-4-12(18)13(6-11)23-16-14(24(25)26)15(21-9-22-16)20-8-10-2-1-5-19-7-10/h1-7,9H,8H2,(H2,20,21,22,23). The molecule has 0 saturated carbocycles. The molecule has 0 bridgehead atoms. The van der Waals surface area contributed by atoms with Crippen LogP contribution in [0, 0.1) is 10.1 Å². The van der Waals surface area contributed by atoms with Crippen LogP contribution < -0.4 is 10.6 Å². The monoisotopic (exact) mass is 390 g/mol. The van der Waals surface area contributed by atoms with Crippen molar-refractivity contribution in [3.63, 3.8) is 0 Å². The van der Waals surface area contributed by atoms with Gasteiger partial charge < -0.3 is 10.6 Å². The van der Waals surface area contributed by atoms with Crippen molar-refractivity contribution in [1.29, 1.82) is 0 Å². The Morgan fingerprint density at radius 3 is 2.69 bits per heavy atom. The highest BCUT2D eigenvalue weighted by Gasteiger charge is 2.23. The Hall–Kier alpha value is -2.97. The van der Waals surface area contributed by atoms with E-state index >= 15 is 0 Å². The first kappa shape index (κ1) is 17.8. The van der Waals surface area contributed by atoms with E-state index in [0.717, 1.165) is 5.56 Å². The van der Waals surface area contributed by atoms with E-state index in [2.05, 4.69) is 25.6 Å². The Bertz CT molecular complexity index is 939. The lowest BCUT2D eigenvalue weighted by atomic mass is 10.3. The van der Waals surface area contributed by atoms with Gasteiger partial charge in [-0.3, -0.25) is 15.1 Å². The maximum atomic E-state index is 11.6. The molecule has 2 N–H and O–H groups in total. The lowest BCUT2D eigenvalue weighted by Gasteiger charge is -2.11. The molecule has 3 rings (SSSR count). The van der Waals surface area contributed by atoms with Crippen molar-refractivity contribution < 1.29 is 4.92 Å². The number of anilines is 3. The largest absolute Gasteiger partial charge is 0.360 e. The second kappa shape index (κ2) is 7.94. The van der Waals surface area contributed by atoms with Crippen LogP contribution in [0.3, 0.4) is 0 Å². The van der Waals surface area contributed by atoms with E-state index in [0.29, 0.717) is 22.3 Å². The Morgan fingerprint density at radius 1 is 1.15 bits per heavy atom. The summed E-state index contributed by atoms with van der Waals surface area (Å²) in [6.07, 6.45) is 4.53. The molecule has 0 atom stereocenters. The number of rotatable bonds is 6. The minimum atomic E-state index is -0.563. The van der Waals surface area contributed by atoms with Crippen molar-refractivity contribution in [3.8, 4) is 0 Å². The third kappa shape index (κ3) is 4.16. The lowest BCUT2D eigenvalue weighted by molar-refractivity contribution is -0.383. The molecule has 0 radical (unpaired) electrons. The molecule has 0 aliphatic carbocycles. The van der Waals surface area contributed by atoms with Gasteiger partial charge in [0.15, 0.2) is 0 Å². The van der Waals surface area contributed by atoms with Crippen LogP contribution in [0.2, 0.25) is 10.0 Å². The van der Waals surface area contributed by atoms with Crippen LogP contribution in [-0.4, -0.2) is 19.9 Å². The molecule has 0 aliphatic heterocycles. The van der Waals surface area contributed by atoms with E-state index in [4.69, 9.17) is 23.2 Å². The Balaban J connectivity index is 1.91. The summed E-state index contributed by atoms with van der Waals surface area (Å²) >= 11 is 12.1. The van der Waals surface area contributed by atoms with Crippen LogP contribution in [0.4, 0.5) is 23.0 Å². The average Bonchev–Trinajstić information content (AvgIpc) is 2.63. The predicted octanol–water partition coefficient (Wildman–Crippen LogP) is 4.44. The summed E-state index contributed by atoms with van der Waals surface area (Å²) in [4.78, 5) is 22.9. The number of nitro groups is 1. The Morgan fingerprint density at radius 2 is 1.96 bits per heavy atom. The smallest absolute Gasteiger partial charge is 0.353 e. The van der Waals surface area contributed by atoms with Gasteiger partial charge in [0.1, 0.15) is 6.33 Å². The van der Waals surface area contributed by atoms with Gasteiger partial charge in [-0.15, -0.1) is 0 Å². The normalized spacial score (nSPS) is 10.4. The minimum Gasteiger partial charge on any atom is -0.360 e. The van der Waals surface area contributed by atoms with Gasteiger partial charge in [0.05, 0.1) is 15.6 Å². The first-order valence-corrected chi connectivity index (χ1v) is 8.14. The number of nitrogens with zero attached hydrogens (tertiary/aromatic N) is 4. The molecule has 0 spiro atoms. The lowest BCUT2D eigenvalue weighted by Crippen LogP contribution is -2.08. The summed E-state index contributed by atoms with van der Waals surface area (Å²) in [7, 11) is 0. The van der Waals surface area contributed by atoms with E-state index in [1.165, 1.54) is 6.33 Å². The number of benzene rings is 1. The van der Waals surface area contributed by atoms with Gasteiger partial charge in [0.25, 0.3) is 0 Å². The van der Waals surface area contributed by atoms with Crippen LogP contribution in [0.15, 0.2) is 49.1 Å². The fraction of sp³-hybridized carbons (Fsp3) is 0.0625. The first-order valence-electron chi connectivity index (χ1n) is 7.39. The summed E-state index contributed by atoms with van der Waals surface area (Å²) in [5, 5.41) is 18.1. The predicted molar refractivity (Wildman–Crippen MR) is 100.0 cm³/mol. The third-order valence-corrected chi connectivity index (χ3v) is 3.93. The Kier molecular flexibility index (Phi) is 5.45. The second-order valence-corrected chi connectivity index (χ2v) is 5.98. The van der Waals surface area contributed by atoms with Crippen molar-refractivity contribution in [1.82, 2.24) is 15.0 Å². The molecular weight excluding hydrogens is 379 g/mol. The summed E-state index contributed by atoms with van der Waals surface area (Å²) in [6, 6.07) is 8.38. The topological polar surface area (TPSA) is 106 Å². The molecule has 0 amide bonds. The molecule has 2 heterocycles. The maximum absolute atomic E-state index is 11.6. The zero-order valence-corrected chi connectivity index (χ0v) is 14.7. The average molecular weight is 391 g/mol. The molecule has 0 aliphatic rings. The highest BCUT2D eigenvalue weighted by molar-refractivity contribution is 6.35. The Labute approximate surface area is 158 Å². The zero-order valence-electron chi connectivity index (χ0n) is 13.2. The van der Waals surface area contributed by atoms with Crippen LogP contribution in [0.5, 0.6) is 0 Å². The van der Waals surface area contributed by atoms with Crippen LogP contribution in [0.25, 0.3) is 0 Å². The molecule has 2 aromatic heterocycles. The van der Waals surface area contributed by atoms with Crippen molar-refractivity contribution >= 4 is 46.2 Å². The first-order chi connectivity index (χ1) is 12.5. The molecule has 0 fully saturated rings. The minimum absolute atomic E-state index is 0.00264. The molecule has 8 nitrogen and oxygen atoms in total. The number of hydrogen-bond donors (Lipinski definition) is 2. The van der Waals surface area contributed by atoms with Crippen LogP contribution in [0.1, 0.15) is 5.56 Å². The molecule has 10 heteroatoms. The molecule has 3 aromatic rings. The van der Waals surface area contributed by atoms with E-state index in [1.807, 2.05) is 6.07 Å². The molecule has 26 heavy (non-hydrogen) atoms. The highest BCUT2D eigenvalue weighted by Crippen LogP contribution is 2.34. The van der Waals surface area contributed by atoms with Crippen molar-refractivity contribution in [2.24, 2.45) is 0 Å². The number of aromatic nitrogens is 3. The van der Waals surface area contributed by atoms with Gasteiger partial charge in [-0.25, -0.2) is 9.97 Å². The van der Waals surface area contributed by atoms with Gasteiger partial charge >= 0.3 is 5.69 Å². The molecule has 132 valence electrons. The summed E-state index contributed by atoms with van der Waals surface area (Å²) in [5.41, 5.74) is 0.958. The number of pyridine rings is 1. The van der Waals surface area contributed by atoms with E-state index < -0.39 is 4.92 Å². The summed E-state index contributed by atoms with van der Waals surface area (Å²) in [6.45, 7) is 0.322. The van der Waals surface area contributed by atoms with E-state index in [1.54, 1.807) is 36.7 Å². The van der Waals surface area contributed by atoms with E-state index in [-0.39, 0.29) is 17.3 Å². The molecule has 0 saturated heterocycles. The molecular formula is C16H12Cl2N6O2. The van der Waals surface area contributed by atoms with Gasteiger partial charge in [-0.05, 0) is 29.8 Å². The fourth-order valence-electron chi connectivity index (χ4n) is 2.18. The number of halogens is 2. The maximum Gasteiger partial charge on any atom is 0.353 e. The van der Waals surface area contributed by atoms with Crippen LogP contribution >= 0.6 is 23.2 Å². The SMILES string of the molecule is O=[N+]([O-])c1c(NCc2cccnc2)ncnc1Nc1cc(Cl)ccc1Cl. The second-order valence-electron chi connectivity index (χ2n) is 5.14. The van der Waals surface area contributed by atoms with Gasteiger partial charge in [0.2, 0.25) is 11.6 Å².